The second-order valence-corrected chi connectivity index (χ2v) is 4.05. The van der Waals surface area contributed by atoms with Crippen molar-refractivity contribution in [2.75, 3.05) is 5.32 Å². The quantitative estimate of drug-likeness (QED) is 0.766. The molecule has 4 N–H and O–H groups in total. The van der Waals surface area contributed by atoms with Gasteiger partial charge >= 0.3 is 0 Å². The fourth-order valence-electron chi connectivity index (χ4n) is 1.57. The Kier molecular flexibility index (Phi) is 3.74. The number of nitrogens with one attached hydrogen (secondary N) is 2. The minimum Gasteiger partial charge on any atom is -0.345 e. The van der Waals surface area contributed by atoms with Gasteiger partial charge in [0.1, 0.15) is 0 Å². The molecule has 2 rings (SSSR count). The van der Waals surface area contributed by atoms with Crippen LogP contribution in [0.5, 0.6) is 0 Å². The lowest BCUT2D eigenvalue weighted by molar-refractivity contribution is -0.117. The SMILES string of the molecule is CCC(N)C(=O)Nc1ccc(-c2cnc[nH]2)cc1. The predicted octanol–water partition coefficient (Wildman–Crippen LogP) is 1.75. The molecule has 0 aliphatic heterocycles. The lowest BCUT2D eigenvalue weighted by Gasteiger charge is -2.10. The molecule has 18 heavy (non-hydrogen) atoms. The van der Waals surface area contributed by atoms with Crippen molar-refractivity contribution in [3.05, 3.63) is 36.8 Å². The van der Waals surface area contributed by atoms with Crippen LogP contribution in [0.3, 0.4) is 0 Å². The summed E-state index contributed by atoms with van der Waals surface area (Å²) in [6.45, 7) is 1.88. The van der Waals surface area contributed by atoms with Crippen LogP contribution in [-0.4, -0.2) is 21.9 Å². The van der Waals surface area contributed by atoms with E-state index in [1.165, 1.54) is 0 Å². The summed E-state index contributed by atoms with van der Waals surface area (Å²) in [6.07, 6.45) is 4.00. The Balaban J connectivity index is 2.06. The fourth-order valence-corrected chi connectivity index (χ4v) is 1.57. The number of carbonyl (C=O) groups is 1. The number of hydrogen-bond acceptors (Lipinski definition) is 3. The fraction of sp³-hybridized carbons (Fsp3) is 0.231. The Morgan fingerprint density at radius 2 is 2.17 bits per heavy atom. The van der Waals surface area contributed by atoms with Gasteiger partial charge in [0.05, 0.1) is 24.3 Å². The van der Waals surface area contributed by atoms with Crippen LogP contribution in [0.2, 0.25) is 0 Å². The number of imidazole rings is 1. The first-order chi connectivity index (χ1) is 8.70. The summed E-state index contributed by atoms with van der Waals surface area (Å²) in [4.78, 5) is 18.6. The van der Waals surface area contributed by atoms with Gasteiger partial charge in [0.25, 0.3) is 0 Å². The molecule has 5 heteroatoms. The number of rotatable bonds is 4. The minimum atomic E-state index is -0.461. The third-order valence-corrected chi connectivity index (χ3v) is 2.74. The summed E-state index contributed by atoms with van der Waals surface area (Å²) >= 11 is 0. The van der Waals surface area contributed by atoms with E-state index in [2.05, 4.69) is 15.3 Å². The Bertz CT molecular complexity index is 504. The van der Waals surface area contributed by atoms with Crippen LogP contribution in [0.4, 0.5) is 5.69 Å². The van der Waals surface area contributed by atoms with Crippen molar-refractivity contribution in [2.24, 2.45) is 5.73 Å². The average Bonchev–Trinajstić information content (AvgIpc) is 2.92. The minimum absolute atomic E-state index is 0.160. The summed E-state index contributed by atoms with van der Waals surface area (Å²) in [5, 5.41) is 2.78. The van der Waals surface area contributed by atoms with E-state index in [4.69, 9.17) is 5.73 Å². The van der Waals surface area contributed by atoms with Crippen LogP contribution in [0.25, 0.3) is 11.3 Å². The maximum Gasteiger partial charge on any atom is 0.241 e. The number of amides is 1. The topological polar surface area (TPSA) is 83.8 Å². The number of nitrogens with two attached hydrogens (primary N) is 1. The van der Waals surface area contributed by atoms with Crippen molar-refractivity contribution in [3.63, 3.8) is 0 Å². The van der Waals surface area contributed by atoms with Crippen LogP contribution in [0.15, 0.2) is 36.8 Å². The standard InChI is InChI=1S/C13H16N4O/c1-2-11(14)13(18)17-10-5-3-9(4-6-10)12-7-15-8-16-12/h3-8,11H,2,14H2,1H3,(H,15,16)(H,17,18). The molecule has 0 aliphatic carbocycles. The van der Waals surface area contributed by atoms with Gasteiger partial charge in [0, 0.05) is 5.69 Å². The molecule has 0 saturated heterocycles. The highest BCUT2D eigenvalue weighted by Crippen LogP contribution is 2.18. The van der Waals surface area contributed by atoms with Crippen LogP contribution >= 0.6 is 0 Å². The number of benzene rings is 1. The van der Waals surface area contributed by atoms with E-state index in [0.29, 0.717) is 6.42 Å². The van der Waals surface area contributed by atoms with Crippen molar-refractivity contribution in [1.82, 2.24) is 9.97 Å². The van der Waals surface area contributed by atoms with Gasteiger partial charge in [-0.1, -0.05) is 19.1 Å². The molecule has 0 fully saturated rings. The van der Waals surface area contributed by atoms with E-state index in [1.54, 1.807) is 12.5 Å². The third-order valence-electron chi connectivity index (χ3n) is 2.74. The molecule has 0 bridgehead atoms. The smallest absolute Gasteiger partial charge is 0.241 e. The second-order valence-electron chi connectivity index (χ2n) is 4.05. The Hall–Kier alpha value is -2.14. The van der Waals surface area contributed by atoms with Crippen molar-refractivity contribution in [1.29, 1.82) is 0 Å². The Morgan fingerprint density at radius 1 is 1.44 bits per heavy atom. The van der Waals surface area contributed by atoms with E-state index in [-0.39, 0.29) is 5.91 Å². The number of aromatic nitrogens is 2. The lowest BCUT2D eigenvalue weighted by Crippen LogP contribution is -2.34. The monoisotopic (exact) mass is 244 g/mol. The number of H-pyrrole nitrogens is 1. The van der Waals surface area contributed by atoms with E-state index in [1.807, 2.05) is 31.2 Å². The molecule has 1 amide bonds. The number of carbonyl (C=O) groups excluding carboxylic acids is 1. The molecule has 1 heterocycles. The molecule has 0 radical (unpaired) electrons. The molecule has 0 aliphatic rings. The zero-order valence-corrected chi connectivity index (χ0v) is 10.2. The molecular formula is C13H16N4O. The number of nitrogens with zero attached hydrogens (tertiary/aromatic N) is 1. The third kappa shape index (κ3) is 2.75. The van der Waals surface area contributed by atoms with Crippen LogP contribution in [0.1, 0.15) is 13.3 Å². The van der Waals surface area contributed by atoms with Gasteiger partial charge in [-0.25, -0.2) is 4.98 Å². The molecule has 94 valence electrons. The lowest BCUT2D eigenvalue weighted by atomic mass is 10.1. The van der Waals surface area contributed by atoms with Crippen molar-refractivity contribution in [3.8, 4) is 11.3 Å². The van der Waals surface area contributed by atoms with Crippen molar-refractivity contribution >= 4 is 11.6 Å². The maximum absolute atomic E-state index is 11.6. The van der Waals surface area contributed by atoms with E-state index in [9.17, 15) is 4.79 Å². The molecular weight excluding hydrogens is 228 g/mol. The largest absolute Gasteiger partial charge is 0.345 e. The van der Waals surface area contributed by atoms with E-state index < -0.39 is 6.04 Å². The van der Waals surface area contributed by atoms with Gasteiger partial charge in [-0.2, -0.15) is 0 Å². The summed E-state index contributed by atoms with van der Waals surface area (Å²) in [5.41, 5.74) is 8.35. The van der Waals surface area contributed by atoms with Crippen LogP contribution in [-0.2, 0) is 4.79 Å². The molecule has 1 aromatic heterocycles. The number of anilines is 1. The zero-order chi connectivity index (χ0) is 13.0. The van der Waals surface area contributed by atoms with Crippen LogP contribution in [0, 0.1) is 0 Å². The van der Waals surface area contributed by atoms with E-state index in [0.717, 1.165) is 16.9 Å². The molecule has 0 spiro atoms. The van der Waals surface area contributed by atoms with E-state index >= 15 is 0 Å². The molecule has 5 nitrogen and oxygen atoms in total. The van der Waals surface area contributed by atoms with Gasteiger partial charge in [0.2, 0.25) is 5.91 Å². The second kappa shape index (κ2) is 5.46. The highest BCUT2D eigenvalue weighted by atomic mass is 16.2. The summed E-state index contributed by atoms with van der Waals surface area (Å²) in [5.74, 6) is -0.160. The van der Waals surface area contributed by atoms with Gasteiger partial charge in [-0.15, -0.1) is 0 Å². The first-order valence-corrected chi connectivity index (χ1v) is 5.86. The molecule has 1 unspecified atom stereocenters. The predicted molar refractivity (Wildman–Crippen MR) is 70.9 cm³/mol. The molecule has 2 aromatic rings. The highest BCUT2D eigenvalue weighted by molar-refractivity contribution is 5.94. The van der Waals surface area contributed by atoms with Gasteiger partial charge in [-0.05, 0) is 24.1 Å². The van der Waals surface area contributed by atoms with Crippen LogP contribution < -0.4 is 11.1 Å². The number of aromatic amines is 1. The molecule has 1 aromatic carbocycles. The average molecular weight is 244 g/mol. The normalized spacial score (nSPS) is 12.1. The summed E-state index contributed by atoms with van der Waals surface area (Å²) < 4.78 is 0. The van der Waals surface area contributed by atoms with Crippen molar-refractivity contribution < 1.29 is 4.79 Å². The van der Waals surface area contributed by atoms with Gasteiger partial charge < -0.3 is 16.0 Å². The molecule has 0 saturated carbocycles. The first kappa shape index (κ1) is 12.3. The highest BCUT2D eigenvalue weighted by Gasteiger charge is 2.10. The Morgan fingerprint density at radius 3 is 2.72 bits per heavy atom. The first-order valence-electron chi connectivity index (χ1n) is 5.86. The van der Waals surface area contributed by atoms with Gasteiger partial charge in [-0.3, -0.25) is 4.79 Å². The maximum atomic E-state index is 11.6. The number of hydrogen-bond donors (Lipinski definition) is 3. The molecule has 1 atom stereocenters. The summed E-state index contributed by atoms with van der Waals surface area (Å²) in [7, 11) is 0. The zero-order valence-electron chi connectivity index (χ0n) is 10.2. The van der Waals surface area contributed by atoms with Crippen molar-refractivity contribution in [2.45, 2.75) is 19.4 Å². The Labute approximate surface area is 105 Å². The summed E-state index contributed by atoms with van der Waals surface area (Å²) in [6, 6.07) is 7.06. The van der Waals surface area contributed by atoms with Gasteiger partial charge in [0.15, 0.2) is 0 Å².